The Bertz CT molecular complexity index is 149. The number of hydrogen-bond acceptors (Lipinski definition) is 2. The first-order chi connectivity index (χ1) is 4.63. The van der Waals surface area contributed by atoms with Crippen LogP contribution in [0, 0.1) is 5.92 Å². The largest absolute Gasteiger partial charge is 0.277 e. The summed E-state index contributed by atoms with van der Waals surface area (Å²) in [7, 11) is 0. The van der Waals surface area contributed by atoms with Gasteiger partial charge in [-0.1, -0.05) is 13.8 Å². The number of carbonyl (C=O) groups is 1. The fourth-order valence-corrected chi connectivity index (χ4v) is 1.38. The lowest BCUT2D eigenvalue weighted by Crippen LogP contribution is -2.41. The van der Waals surface area contributed by atoms with Crippen molar-refractivity contribution in [3.05, 3.63) is 0 Å². The number of hydrazine groups is 1. The minimum Gasteiger partial charge on any atom is -0.277 e. The molecule has 0 aromatic rings. The average molecular weight is 179 g/mol. The van der Waals surface area contributed by atoms with Crippen LogP contribution in [-0.4, -0.2) is 17.0 Å². The molecular weight excluding hydrogens is 164 g/mol. The number of hydrogen-bond donors (Lipinski definition) is 1. The molecule has 1 atom stereocenters. The Labute approximate surface area is 73.3 Å². The predicted octanol–water partition coefficient (Wildman–Crippen LogP) is 0.929. The maximum atomic E-state index is 10.9. The van der Waals surface area contributed by atoms with Crippen LogP contribution >= 0.6 is 12.4 Å². The van der Waals surface area contributed by atoms with Crippen molar-refractivity contribution in [3.63, 3.8) is 0 Å². The van der Waals surface area contributed by atoms with Crippen LogP contribution in [-0.2, 0) is 4.79 Å². The maximum Gasteiger partial charge on any atom is 0.236 e. The second-order valence-electron chi connectivity index (χ2n) is 3.15. The summed E-state index contributed by atoms with van der Waals surface area (Å²) in [5.74, 6) is 6.07. The Kier molecular flexibility index (Phi) is 3.83. The lowest BCUT2D eigenvalue weighted by molar-refractivity contribution is -0.129. The molecule has 0 radical (unpaired) electrons. The molecule has 0 saturated carbocycles. The van der Waals surface area contributed by atoms with Crippen LogP contribution in [0.1, 0.15) is 26.7 Å². The highest BCUT2D eigenvalue weighted by molar-refractivity contribution is 5.85. The second-order valence-corrected chi connectivity index (χ2v) is 3.15. The molecule has 1 rings (SSSR count). The van der Waals surface area contributed by atoms with Crippen molar-refractivity contribution in [3.8, 4) is 0 Å². The van der Waals surface area contributed by atoms with E-state index in [0.29, 0.717) is 12.3 Å². The number of halogens is 1. The van der Waals surface area contributed by atoms with Gasteiger partial charge in [-0.15, -0.1) is 12.4 Å². The molecule has 0 aromatic heterocycles. The molecule has 0 aromatic carbocycles. The van der Waals surface area contributed by atoms with Crippen molar-refractivity contribution >= 4 is 18.3 Å². The molecule has 66 valence electrons. The Balaban J connectivity index is 0.000001000. The fourth-order valence-electron chi connectivity index (χ4n) is 1.38. The van der Waals surface area contributed by atoms with Gasteiger partial charge in [0, 0.05) is 6.42 Å². The van der Waals surface area contributed by atoms with Crippen molar-refractivity contribution in [2.45, 2.75) is 32.7 Å². The Morgan fingerprint density at radius 1 is 1.64 bits per heavy atom. The number of amides is 1. The van der Waals surface area contributed by atoms with Crippen molar-refractivity contribution in [1.82, 2.24) is 5.01 Å². The molecule has 1 aliphatic rings. The minimum absolute atomic E-state index is 0. The Hall–Kier alpha value is -0.280. The van der Waals surface area contributed by atoms with E-state index < -0.39 is 0 Å². The van der Waals surface area contributed by atoms with Gasteiger partial charge in [0.1, 0.15) is 0 Å². The summed E-state index contributed by atoms with van der Waals surface area (Å²) in [6, 6.07) is 0.271. The molecule has 1 amide bonds. The van der Waals surface area contributed by atoms with Gasteiger partial charge in [-0.2, -0.15) is 0 Å². The van der Waals surface area contributed by atoms with Crippen LogP contribution < -0.4 is 5.84 Å². The van der Waals surface area contributed by atoms with E-state index in [1.165, 1.54) is 5.01 Å². The van der Waals surface area contributed by atoms with Gasteiger partial charge in [-0.25, -0.2) is 5.84 Å². The van der Waals surface area contributed by atoms with E-state index in [4.69, 9.17) is 5.84 Å². The van der Waals surface area contributed by atoms with Gasteiger partial charge in [0.05, 0.1) is 6.04 Å². The Morgan fingerprint density at radius 3 is 2.36 bits per heavy atom. The third-order valence-corrected chi connectivity index (χ3v) is 2.07. The molecule has 1 fully saturated rings. The minimum atomic E-state index is 0. The van der Waals surface area contributed by atoms with Crippen molar-refractivity contribution in [1.29, 1.82) is 0 Å². The molecule has 0 spiro atoms. The van der Waals surface area contributed by atoms with Crippen molar-refractivity contribution in [2.75, 3.05) is 0 Å². The molecule has 3 nitrogen and oxygen atoms in total. The number of nitrogens with two attached hydrogens (primary N) is 1. The van der Waals surface area contributed by atoms with Crippen LogP contribution in [0.15, 0.2) is 0 Å². The number of carbonyl (C=O) groups excluding carboxylic acids is 1. The summed E-state index contributed by atoms with van der Waals surface area (Å²) in [5, 5.41) is 1.38. The second kappa shape index (κ2) is 3.93. The van der Waals surface area contributed by atoms with Gasteiger partial charge in [0.2, 0.25) is 5.91 Å². The van der Waals surface area contributed by atoms with Gasteiger partial charge in [-0.05, 0) is 12.3 Å². The van der Waals surface area contributed by atoms with E-state index in [9.17, 15) is 4.79 Å². The highest BCUT2D eigenvalue weighted by Gasteiger charge is 2.30. The Morgan fingerprint density at radius 2 is 2.18 bits per heavy atom. The lowest BCUT2D eigenvalue weighted by Gasteiger charge is -2.22. The molecule has 11 heavy (non-hydrogen) atoms. The quantitative estimate of drug-likeness (QED) is 0.480. The summed E-state index contributed by atoms with van der Waals surface area (Å²) in [6.45, 7) is 4.17. The summed E-state index contributed by atoms with van der Waals surface area (Å²) < 4.78 is 0. The first-order valence-electron chi connectivity index (χ1n) is 3.69. The van der Waals surface area contributed by atoms with E-state index in [2.05, 4.69) is 13.8 Å². The normalized spacial score (nSPS) is 24.2. The molecule has 0 aliphatic carbocycles. The zero-order valence-electron chi connectivity index (χ0n) is 6.91. The highest BCUT2D eigenvalue weighted by atomic mass is 35.5. The molecule has 1 saturated heterocycles. The van der Waals surface area contributed by atoms with Crippen LogP contribution in [0.3, 0.4) is 0 Å². The number of rotatable bonds is 1. The van der Waals surface area contributed by atoms with Crippen LogP contribution in [0.25, 0.3) is 0 Å². The molecule has 1 aliphatic heterocycles. The summed E-state index contributed by atoms with van der Waals surface area (Å²) >= 11 is 0. The van der Waals surface area contributed by atoms with Gasteiger partial charge < -0.3 is 0 Å². The topological polar surface area (TPSA) is 46.3 Å². The van der Waals surface area contributed by atoms with Crippen molar-refractivity contribution in [2.24, 2.45) is 11.8 Å². The van der Waals surface area contributed by atoms with E-state index in [0.717, 1.165) is 6.42 Å². The SMILES string of the molecule is CC(C)C1CCC(=O)N1N.Cl. The fraction of sp³-hybridized carbons (Fsp3) is 0.857. The van der Waals surface area contributed by atoms with Gasteiger partial charge in [-0.3, -0.25) is 9.80 Å². The highest BCUT2D eigenvalue weighted by Crippen LogP contribution is 2.20. The van der Waals surface area contributed by atoms with E-state index in [1.807, 2.05) is 0 Å². The maximum absolute atomic E-state index is 10.9. The zero-order chi connectivity index (χ0) is 7.72. The van der Waals surface area contributed by atoms with Gasteiger partial charge >= 0.3 is 0 Å². The molecule has 1 unspecified atom stereocenters. The first kappa shape index (κ1) is 10.7. The summed E-state index contributed by atoms with van der Waals surface area (Å²) in [5.41, 5.74) is 0. The molecule has 0 bridgehead atoms. The van der Waals surface area contributed by atoms with Crippen molar-refractivity contribution < 1.29 is 4.79 Å². The third-order valence-electron chi connectivity index (χ3n) is 2.07. The smallest absolute Gasteiger partial charge is 0.236 e. The molecular formula is C7H15ClN2O. The van der Waals surface area contributed by atoms with E-state index >= 15 is 0 Å². The predicted molar refractivity (Wildman–Crippen MR) is 46.1 cm³/mol. The zero-order valence-corrected chi connectivity index (χ0v) is 7.73. The lowest BCUT2D eigenvalue weighted by atomic mass is 10.0. The van der Waals surface area contributed by atoms with Gasteiger partial charge in [0.25, 0.3) is 0 Å². The molecule has 4 heteroatoms. The van der Waals surface area contributed by atoms with Crippen LogP contribution in [0.5, 0.6) is 0 Å². The molecule has 1 heterocycles. The van der Waals surface area contributed by atoms with Gasteiger partial charge in [0.15, 0.2) is 0 Å². The summed E-state index contributed by atoms with van der Waals surface area (Å²) in [6.07, 6.45) is 1.55. The third kappa shape index (κ3) is 2.07. The standard InChI is InChI=1S/C7H14N2O.ClH/c1-5(2)6-3-4-7(10)9(6)8;/h5-6H,3-4,8H2,1-2H3;1H. The average Bonchev–Trinajstić information content (AvgIpc) is 2.14. The van der Waals surface area contributed by atoms with E-state index in [-0.39, 0.29) is 24.4 Å². The van der Waals surface area contributed by atoms with Crippen LogP contribution in [0.2, 0.25) is 0 Å². The first-order valence-corrected chi connectivity index (χ1v) is 3.69. The van der Waals surface area contributed by atoms with Crippen LogP contribution in [0.4, 0.5) is 0 Å². The number of nitrogens with zero attached hydrogens (tertiary/aromatic N) is 1. The molecule has 2 N–H and O–H groups in total. The summed E-state index contributed by atoms with van der Waals surface area (Å²) in [4.78, 5) is 10.9. The monoisotopic (exact) mass is 178 g/mol. The van der Waals surface area contributed by atoms with E-state index in [1.54, 1.807) is 0 Å².